The molecule has 0 fully saturated rings. The number of nitrogens with one attached hydrogen (secondary N) is 1. The van der Waals surface area contributed by atoms with Crippen molar-refractivity contribution in [3.05, 3.63) is 83.3 Å². The van der Waals surface area contributed by atoms with E-state index in [0.717, 1.165) is 30.4 Å². The lowest BCUT2D eigenvalue weighted by atomic mass is 10.2. The third-order valence-corrected chi connectivity index (χ3v) is 5.13. The molecule has 1 heterocycles. The number of ether oxygens (including phenoxy) is 1. The number of nitrogens with zero attached hydrogens (tertiary/aromatic N) is 3. The summed E-state index contributed by atoms with van der Waals surface area (Å²) >= 11 is 0. The minimum atomic E-state index is -1.05. The van der Waals surface area contributed by atoms with Gasteiger partial charge in [0.2, 0.25) is 11.8 Å². The topological polar surface area (TPSA) is 118 Å². The van der Waals surface area contributed by atoms with Gasteiger partial charge in [-0.15, -0.1) is 0 Å². The fourth-order valence-corrected chi connectivity index (χ4v) is 3.32. The summed E-state index contributed by atoms with van der Waals surface area (Å²) in [6.07, 6.45) is 1.96. The number of carbonyl (C=O) groups is 2. The van der Waals surface area contributed by atoms with Crippen LogP contribution >= 0.6 is 0 Å². The fraction of sp³-hybridized carbons (Fsp3) is 0.360. The van der Waals surface area contributed by atoms with E-state index in [4.69, 9.17) is 9.26 Å². The van der Waals surface area contributed by atoms with Crippen molar-refractivity contribution in [3.8, 4) is 0 Å². The Bertz CT molecular complexity index is 1060. The molecule has 0 spiro atoms. The van der Waals surface area contributed by atoms with Gasteiger partial charge in [0.05, 0.1) is 13.2 Å². The molecule has 3 aromatic rings. The van der Waals surface area contributed by atoms with Crippen molar-refractivity contribution in [3.63, 3.8) is 0 Å². The third kappa shape index (κ3) is 9.54. The number of carbonyl (C=O) groups excluding carboxylic acids is 1. The maximum absolute atomic E-state index is 12.9. The van der Waals surface area contributed by atoms with Gasteiger partial charge in [-0.1, -0.05) is 54.0 Å². The number of aryl methyl sites for hydroxylation is 1. The maximum Gasteiger partial charge on any atom is 0.408 e. The predicted molar refractivity (Wildman–Crippen MR) is 125 cm³/mol. The van der Waals surface area contributed by atoms with Gasteiger partial charge in [0.1, 0.15) is 12.4 Å². The highest BCUT2D eigenvalue weighted by Gasteiger charge is 2.16. The normalized spacial score (nSPS) is 10.8. The van der Waals surface area contributed by atoms with E-state index in [-0.39, 0.29) is 38.0 Å². The van der Waals surface area contributed by atoms with Crippen molar-refractivity contribution in [2.45, 2.75) is 45.4 Å². The summed E-state index contributed by atoms with van der Waals surface area (Å²) in [5.74, 6) is 0.274. The summed E-state index contributed by atoms with van der Waals surface area (Å²) < 4.78 is 23.4. The van der Waals surface area contributed by atoms with Gasteiger partial charge in [-0.3, -0.25) is 9.69 Å². The molecule has 2 N–H and O–H groups in total. The van der Waals surface area contributed by atoms with Gasteiger partial charge in [-0.2, -0.15) is 4.98 Å². The molecule has 35 heavy (non-hydrogen) atoms. The number of unbranched alkanes of at least 4 members (excludes halogenated alkanes) is 2. The molecule has 0 aliphatic carbocycles. The Labute approximate surface area is 202 Å². The lowest BCUT2D eigenvalue weighted by Crippen LogP contribution is -2.28. The van der Waals surface area contributed by atoms with Crippen LogP contribution in [0.4, 0.5) is 9.18 Å². The first-order valence-corrected chi connectivity index (χ1v) is 11.4. The van der Waals surface area contributed by atoms with Crippen LogP contribution < -0.4 is 5.32 Å². The first-order chi connectivity index (χ1) is 17.0. The smallest absolute Gasteiger partial charge is 0.408 e. The van der Waals surface area contributed by atoms with E-state index in [0.29, 0.717) is 24.7 Å². The second-order valence-electron chi connectivity index (χ2n) is 8.01. The van der Waals surface area contributed by atoms with E-state index in [2.05, 4.69) is 15.5 Å². The molecule has 2 amide bonds. The van der Waals surface area contributed by atoms with Crippen LogP contribution in [-0.4, -0.2) is 45.3 Å². The van der Waals surface area contributed by atoms with Crippen molar-refractivity contribution < 1.29 is 28.3 Å². The van der Waals surface area contributed by atoms with Crippen LogP contribution in [0.5, 0.6) is 0 Å². The van der Waals surface area contributed by atoms with Gasteiger partial charge < -0.3 is 19.7 Å². The molecule has 3 rings (SSSR count). The lowest BCUT2D eigenvalue weighted by molar-refractivity contribution is -0.126. The lowest BCUT2D eigenvalue weighted by Gasteiger charge is -2.17. The van der Waals surface area contributed by atoms with Crippen LogP contribution in [0.25, 0.3) is 0 Å². The maximum atomic E-state index is 12.9. The average Bonchev–Trinajstić information content (AvgIpc) is 3.30. The molecule has 0 unspecified atom stereocenters. The van der Waals surface area contributed by atoms with Gasteiger partial charge in [0.15, 0.2) is 5.82 Å². The number of rotatable bonds is 14. The number of carboxylic acid groups (broad SMARTS) is 1. The SMILES string of the molecule is O=C(COCc1ccc(F)cc1)NCCCCCc1nc(CN(Cc2ccccc2)C(=O)O)no1. The third-order valence-electron chi connectivity index (χ3n) is 5.13. The molecule has 0 radical (unpaired) electrons. The van der Waals surface area contributed by atoms with Crippen molar-refractivity contribution in [1.82, 2.24) is 20.4 Å². The van der Waals surface area contributed by atoms with E-state index in [1.807, 2.05) is 30.3 Å². The number of halogens is 1. The molecule has 186 valence electrons. The Kier molecular flexibility index (Phi) is 10.2. The van der Waals surface area contributed by atoms with E-state index >= 15 is 0 Å². The van der Waals surface area contributed by atoms with Crippen LogP contribution in [0.15, 0.2) is 59.1 Å². The number of hydrogen-bond acceptors (Lipinski definition) is 6. The Morgan fingerprint density at radius 3 is 2.51 bits per heavy atom. The zero-order chi connectivity index (χ0) is 24.9. The van der Waals surface area contributed by atoms with Gasteiger partial charge in [0.25, 0.3) is 0 Å². The minimum absolute atomic E-state index is 0.0446. The van der Waals surface area contributed by atoms with Crippen molar-refractivity contribution in [2.75, 3.05) is 13.2 Å². The molecule has 1 aromatic heterocycles. The Hall–Kier alpha value is -3.79. The Morgan fingerprint density at radius 1 is 1.00 bits per heavy atom. The van der Waals surface area contributed by atoms with E-state index in [1.165, 1.54) is 17.0 Å². The molecule has 0 aliphatic heterocycles. The van der Waals surface area contributed by atoms with E-state index < -0.39 is 6.09 Å². The van der Waals surface area contributed by atoms with Gasteiger partial charge >= 0.3 is 6.09 Å². The zero-order valence-corrected chi connectivity index (χ0v) is 19.4. The summed E-state index contributed by atoms with van der Waals surface area (Å²) in [6.45, 7) is 1.00. The number of amides is 2. The molecule has 10 heteroatoms. The second-order valence-corrected chi connectivity index (χ2v) is 8.01. The second kappa shape index (κ2) is 13.8. The minimum Gasteiger partial charge on any atom is -0.465 e. The molecule has 0 aliphatic rings. The van der Waals surface area contributed by atoms with Crippen molar-refractivity contribution in [1.29, 1.82) is 0 Å². The van der Waals surface area contributed by atoms with Gasteiger partial charge in [0, 0.05) is 19.5 Å². The van der Waals surface area contributed by atoms with E-state index in [9.17, 15) is 19.1 Å². The largest absolute Gasteiger partial charge is 0.465 e. The zero-order valence-electron chi connectivity index (χ0n) is 19.4. The average molecular weight is 485 g/mol. The summed E-state index contributed by atoms with van der Waals surface area (Å²) in [6, 6.07) is 15.3. The van der Waals surface area contributed by atoms with Gasteiger partial charge in [-0.05, 0) is 36.1 Å². The fourth-order valence-electron chi connectivity index (χ4n) is 3.32. The summed E-state index contributed by atoms with van der Waals surface area (Å²) in [7, 11) is 0. The molecule has 0 atom stereocenters. The van der Waals surface area contributed by atoms with Gasteiger partial charge in [-0.25, -0.2) is 9.18 Å². The van der Waals surface area contributed by atoms with Crippen molar-refractivity contribution >= 4 is 12.0 Å². The summed E-state index contributed by atoms with van der Waals surface area (Å²) in [5.41, 5.74) is 1.68. The standard InChI is InChI=1S/C25H29FN4O5/c26-21-12-10-20(11-13-21)17-34-18-23(31)27-14-6-2-5-9-24-28-22(29-35-24)16-30(25(32)33)15-19-7-3-1-4-8-19/h1,3-4,7-8,10-13H,2,5-6,9,14-18H2,(H,27,31)(H,32,33). The van der Waals surface area contributed by atoms with Crippen LogP contribution in [0.2, 0.25) is 0 Å². The highest BCUT2D eigenvalue weighted by Crippen LogP contribution is 2.10. The molecule has 0 bridgehead atoms. The molecule has 0 saturated heterocycles. The van der Waals surface area contributed by atoms with Crippen LogP contribution in [-0.2, 0) is 35.6 Å². The van der Waals surface area contributed by atoms with Crippen molar-refractivity contribution in [2.24, 2.45) is 0 Å². The Morgan fingerprint density at radius 2 is 1.77 bits per heavy atom. The van der Waals surface area contributed by atoms with Crippen LogP contribution in [0.1, 0.15) is 42.1 Å². The molecule has 0 saturated carbocycles. The number of aromatic nitrogens is 2. The molecule has 9 nitrogen and oxygen atoms in total. The highest BCUT2D eigenvalue weighted by molar-refractivity contribution is 5.77. The number of hydrogen-bond donors (Lipinski definition) is 2. The Balaban J connectivity index is 1.27. The predicted octanol–water partition coefficient (Wildman–Crippen LogP) is 3.93. The highest BCUT2D eigenvalue weighted by atomic mass is 19.1. The van der Waals surface area contributed by atoms with Crippen LogP contribution in [0, 0.1) is 5.82 Å². The van der Waals surface area contributed by atoms with Crippen LogP contribution in [0.3, 0.4) is 0 Å². The molecule has 2 aromatic carbocycles. The first-order valence-electron chi connectivity index (χ1n) is 11.4. The number of benzene rings is 2. The van der Waals surface area contributed by atoms with E-state index in [1.54, 1.807) is 12.1 Å². The quantitative estimate of drug-likeness (QED) is 0.333. The summed E-state index contributed by atoms with van der Waals surface area (Å²) in [5, 5.41) is 16.2. The molecular weight excluding hydrogens is 455 g/mol. The molecular formula is C25H29FN4O5. The first kappa shape index (κ1) is 25.8. The monoisotopic (exact) mass is 484 g/mol. The summed E-state index contributed by atoms with van der Waals surface area (Å²) in [4.78, 5) is 28.9.